The van der Waals surface area contributed by atoms with Gasteiger partial charge in [-0.2, -0.15) is 0 Å². The lowest BCUT2D eigenvalue weighted by atomic mass is 9.84. The number of alkyl halides is 2. The standard InChI is InChI=1S/C27H26F2N4O/c1-16-3-7-20(8-4-16)25(26-24-13-22(29)14-33(24)15-30-26)32-27(34)23-12-18(9-17(2)31-23)5-6-19-10-21(28)11-19/h3-4,7-9,12,15,19,21-22,25H,10-11,13-14H2,1-2H3,(H,32,34)/t19?,21?,22-,25?/m1/s1. The van der Waals surface area contributed by atoms with Crippen LogP contribution in [0.5, 0.6) is 0 Å². The minimum atomic E-state index is -0.950. The van der Waals surface area contributed by atoms with Gasteiger partial charge in [-0.15, -0.1) is 0 Å². The Morgan fingerprint density at radius 1 is 1.15 bits per heavy atom. The molecular weight excluding hydrogens is 434 g/mol. The van der Waals surface area contributed by atoms with Crippen molar-refractivity contribution < 1.29 is 13.6 Å². The molecule has 5 nitrogen and oxygen atoms in total. The number of benzene rings is 1. The van der Waals surface area contributed by atoms with Gasteiger partial charge in [-0.05, 0) is 44.4 Å². The van der Waals surface area contributed by atoms with E-state index in [4.69, 9.17) is 0 Å². The van der Waals surface area contributed by atoms with Gasteiger partial charge in [0.1, 0.15) is 18.0 Å². The summed E-state index contributed by atoms with van der Waals surface area (Å²) in [6, 6.07) is 10.8. The first-order valence-electron chi connectivity index (χ1n) is 11.6. The van der Waals surface area contributed by atoms with Crippen LogP contribution in [0.2, 0.25) is 0 Å². The van der Waals surface area contributed by atoms with Crippen molar-refractivity contribution in [3.63, 3.8) is 0 Å². The molecule has 7 heteroatoms. The molecule has 0 saturated heterocycles. The molecule has 3 heterocycles. The van der Waals surface area contributed by atoms with Crippen molar-refractivity contribution in [2.45, 2.75) is 58.0 Å². The van der Waals surface area contributed by atoms with Crippen molar-refractivity contribution in [1.29, 1.82) is 0 Å². The Morgan fingerprint density at radius 2 is 1.91 bits per heavy atom. The molecule has 2 aliphatic rings. The van der Waals surface area contributed by atoms with E-state index in [9.17, 15) is 13.6 Å². The minimum absolute atomic E-state index is 0.0639. The second-order valence-corrected chi connectivity index (χ2v) is 9.26. The van der Waals surface area contributed by atoms with E-state index in [1.807, 2.05) is 48.7 Å². The average molecular weight is 461 g/mol. The summed E-state index contributed by atoms with van der Waals surface area (Å²) in [6.45, 7) is 4.09. The molecule has 1 unspecified atom stereocenters. The summed E-state index contributed by atoms with van der Waals surface area (Å²) in [6.07, 6.45) is 1.15. The fourth-order valence-electron chi connectivity index (χ4n) is 4.51. The molecule has 1 amide bonds. The van der Waals surface area contributed by atoms with Crippen molar-refractivity contribution in [2.75, 3.05) is 0 Å². The smallest absolute Gasteiger partial charge is 0.270 e. The Kier molecular flexibility index (Phi) is 5.91. The van der Waals surface area contributed by atoms with Gasteiger partial charge in [-0.3, -0.25) is 4.79 Å². The Labute approximate surface area is 197 Å². The minimum Gasteiger partial charge on any atom is -0.338 e. The maximum atomic E-state index is 14.1. The summed E-state index contributed by atoms with van der Waals surface area (Å²) < 4.78 is 29.0. The molecule has 0 bridgehead atoms. The number of carbonyl (C=O) groups is 1. The van der Waals surface area contributed by atoms with Crippen LogP contribution in [0.25, 0.3) is 0 Å². The second kappa shape index (κ2) is 9.02. The third-order valence-electron chi connectivity index (χ3n) is 6.43. The first-order valence-corrected chi connectivity index (χ1v) is 11.6. The molecule has 1 aliphatic heterocycles. The van der Waals surface area contributed by atoms with E-state index in [2.05, 4.69) is 27.1 Å². The van der Waals surface area contributed by atoms with E-state index in [1.165, 1.54) is 0 Å². The first kappa shape index (κ1) is 22.3. The molecule has 0 spiro atoms. The van der Waals surface area contributed by atoms with Gasteiger partial charge >= 0.3 is 0 Å². The van der Waals surface area contributed by atoms with Crippen LogP contribution in [0.3, 0.4) is 0 Å². The van der Waals surface area contributed by atoms with Crippen molar-refractivity contribution in [3.8, 4) is 11.8 Å². The quantitative estimate of drug-likeness (QED) is 0.587. The molecule has 1 saturated carbocycles. The summed E-state index contributed by atoms with van der Waals surface area (Å²) >= 11 is 0. The molecule has 174 valence electrons. The van der Waals surface area contributed by atoms with E-state index in [0.29, 0.717) is 29.8 Å². The summed E-state index contributed by atoms with van der Waals surface area (Å²) in [7, 11) is 0. The molecule has 34 heavy (non-hydrogen) atoms. The molecule has 2 aromatic heterocycles. The van der Waals surface area contributed by atoms with Crippen molar-refractivity contribution in [3.05, 3.63) is 82.2 Å². The van der Waals surface area contributed by atoms with Gasteiger partial charge < -0.3 is 9.88 Å². The molecule has 2 atom stereocenters. The van der Waals surface area contributed by atoms with Gasteiger partial charge in [0.05, 0.1) is 24.6 Å². The predicted molar refractivity (Wildman–Crippen MR) is 125 cm³/mol. The van der Waals surface area contributed by atoms with Crippen LogP contribution in [0.15, 0.2) is 42.7 Å². The van der Waals surface area contributed by atoms with Gasteiger partial charge in [-0.25, -0.2) is 18.7 Å². The zero-order chi connectivity index (χ0) is 23.8. The highest BCUT2D eigenvalue weighted by Gasteiger charge is 2.30. The molecule has 5 rings (SSSR count). The van der Waals surface area contributed by atoms with Gasteiger partial charge in [0.15, 0.2) is 0 Å². The first-order chi connectivity index (χ1) is 16.4. The molecule has 1 fully saturated rings. The molecule has 1 aromatic carbocycles. The predicted octanol–water partition coefficient (Wildman–Crippen LogP) is 4.41. The summed E-state index contributed by atoms with van der Waals surface area (Å²) in [5, 5.41) is 3.07. The van der Waals surface area contributed by atoms with E-state index in [-0.39, 0.29) is 30.5 Å². The number of pyridine rings is 1. The van der Waals surface area contributed by atoms with Crippen molar-refractivity contribution in [1.82, 2.24) is 19.9 Å². The number of halogens is 2. The van der Waals surface area contributed by atoms with Crippen LogP contribution in [-0.4, -0.2) is 32.8 Å². The number of amides is 1. The third-order valence-corrected chi connectivity index (χ3v) is 6.43. The maximum absolute atomic E-state index is 14.1. The summed E-state index contributed by atoms with van der Waals surface area (Å²) in [5.74, 6) is 5.86. The number of rotatable bonds is 4. The highest BCUT2D eigenvalue weighted by molar-refractivity contribution is 5.93. The highest BCUT2D eigenvalue weighted by atomic mass is 19.1. The van der Waals surface area contributed by atoms with Crippen molar-refractivity contribution >= 4 is 5.91 Å². The second-order valence-electron chi connectivity index (χ2n) is 9.26. The Balaban J connectivity index is 1.44. The third kappa shape index (κ3) is 4.58. The van der Waals surface area contributed by atoms with Crippen LogP contribution in [0.1, 0.15) is 63.1 Å². The number of nitrogens with one attached hydrogen (secondary N) is 1. The number of fused-ring (bicyclic) bond motifs is 1. The monoisotopic (exact) mass is 460 g/mol. The Bertz CT molecular complexity index is 1280. The molecule has 1 N–H and O–H groups in total. The number of hydrogen-bond acceptors (Lipinski definition) is 3. The van der Waals surface area contributed by atoms with Crippen LogP contribution in [0, 0.1) is 31.6 Å². The van der Waals surface area contributed by atoms with Crippen LogP contribution in [0.4, 0.5) is 8.78 Å². The zero-order valence-corrected chi connectivity index (χ0v) is 19.2. The molecule has 0 radical (unpaired) electrons. The number of imidazole rings is 1. The van der Waals surface area contributed by atoms with E-state index in [0.717, 1.165) is 16.8 Å². The van der Waals surface area contributed by atoms with Crippen LogP contribution >= 0.6 is 0 Å². The summed E-state index contributed by atoms with van der Waals surface area (Å²) in [5.41, 5.74) is 5.00. The lowest BCUT2D eigenvalue weighted by Crippen LogP contribution is -2.31. The van der Waals surface area contributed by atoms with E-state index < -0.39 is 18.4 Å². The van der Waals surface area contributed by atoms with Crippen molar-refractivity contribution in [2.24, 2.45) is 5.92 Å². The molecule has 1 aliphatic carbocycles. The Hall–Kier alpha value is -3.53. The SMILES string of the molecule is Cc1ccc(C(NC(=O)c2cc(C#CC3CC(F)C3)cc(C)n2)c2ncn3c2C[C@@H](F)C3)cc1. The zero-order valence-electron chi connectivity index (χ0n) is 19.2. The Morgan fingerprint density at radius 3 is 2.65 bits per heavy atom. The number of carbonyl (C=O) groups excluding carboxylic acids is 1. The van der Waals surface area contributed by atoms with Gasteiger partial charge in [0, 0.05) is 29.3 Å². The van der Waals surface area contributed by atoms with Crippen LogP contribution in [-0.2, 0) is 13.0 Å². The lowest BCUT2D eigenvalue weighted by Gasteiger charge is -2.24. The molecule has 3 aromatic rings. The molecular formula is C27H26F2N4O. The lowest BCUT2D eigenvalue weighted by molar-refractivity contribution is 0.0937. The highest BCUT2D eigenvalue weighted by Crippen LogP contribution is 2.30. The van der Waals surface area contributed by atoms with E-state index in [1.54, 1.807) is 12.4 Å². The maximum Gasteiger partial charge on any atom is 0.270 e. The number of aryl methyl sites for hydroxylation is 2. The van der Waals surface area contributed by atoms with Gasteiger partial charge in [-0.1, -0.05) is 41.7 Å². The van der Waals surface area contributed by atoms with E-state index >= 15 is 0 Å². The topological polar surface area (TPSA) is 59.8 Å². The average Bonchev–Trinajstić information content (AvgIpc) is 3.33. The number of hydrogen-bond donors (Lipinski definition) is 1. The fraction of sp³-hybridized carbons (Fsp3) is 0.370. The fourth-order valence-corrected chi connectivity index (χ4v) is 4.51. The number of aromatic nitrogens is 3. The van der Waals surface area contributed by atoms with Crippen LogP contribution < -0.4 is 5.32 Å². The van der Waals surface area contributed by atoms with Gasteiger partial charge in [0.25, 0.3) is 5.91 Å². The number of nitrogens with zero attached hydrogens (tertiary/aromatic N) is 3. The largest absolute Gasteiger partial charge is 0.338 e. The van der Waals surface area contributed by atoms with Gasteiger partial charge in [0.2, 0.25) is 0 Å². The normalized spacial score (nSPS) is 21.7. The summed E-state index contributed by atoms with van der Waals surface area (Å²) in [4.78, 5) is 22.3.